The minimum absolute atomic E-state index is 0.00455. The van der Waals surface area contributed by atoms with Crippen LogP contribution in [0.3, 0.4) is 0 Å². The standard InChI is InChI=1S/C13H19NO4/c1-12(2,3)18-11(17)14-7-13(8-14)5-9(15)4-10(16)6-13/h4-8H2,1-3H3. The Morgan fingerprint density at radius 1 is 1.17 bits per heavy atom. The van der Waals surface area contributed by atoms with Gasteiger partial charge in [0.2, 0.25) is 0 Å². The number of Topliss-reactive ketones (excluding diaryl/α,β-unsaturated/α-hetero) is 2. The Balaban J connectivity index is 1.91. The third-order valence-electron chi connectivity index (χ3n) is 3.24. The van der Waals surface area contributed by atoms with E-state index in [0.29, 0.717) is 25.9 Å². The molecule has 1 spiro atoms. The van der Waals surface area contributed by atoms with Crippen LogP contribution in [-0.2, 0) is 14.3 Å². The van der Waals surface area contributed by atoms with Crippen LogP contribution < -0.4 is 0 Å². The van der Waals surface area contributed by atoms with Gasteiger partial charge in [0.1, 0.15) is 17.2 Å². The van der Waals surface area contributed by atoms with Gasteiger partial charge in [0.15, 0.2) is 0 Å². The van der Waals surface area contributed by atoms with E-state index < -0.39 is 5.60 Å². The maximum absolute atomic E-state index is 11.8. The fraction of sp³-hybridized carbons (Fsp3) is 0.769. The number of hydrogen-bond donors (Lipinski definition) is 0. The zero-order valence-corrected chi connectivity index (χ0v) is 11.1. The van der Waals surface area contributed by atoms with Crippen molar-refractivity contribution >= 4 is 17.7 Å². The fourth-order valence-electron chi connectivity index (χ4n) is 2.69. The summed E-state index contributed by atoms with van der Waals surface area (Å²) < 4.78 is 5.25. The van der Waals surface area contributed by atoms with Crippen LogP contribution >= 0.6 is 0 Å². The van der Waals surface area contributed by atoms with Gasteiger partial charge >= 0.3 is 6.09 Å². The highest BCUT2D eigenvalue weighted by Gasteiger charge is 2.50. The fourth-order valence-corrected chi connectivity index (χ4v) is 2.69. The average Bonchev–Trinajstić information content (AvgIpc) is 2.08. The molecule has 1 saturated heterocycles. The second kappa shape index (κ2) is 4.07. The minimum Gasteiger partial charge on any atom is -0.444 e. The molecule has 0 bridgehead atoms. The first-order chi connectivity index (χ1) is 8.19. The molecule has 0 atom stereocenters. The molecule has 1 heterocycles. The van der Waals surface area contributed by atoms with Crippen molar-refractivity contribution in [3.05, 3.63) is 0 Å². The predicted molar refractivity (Wildman–Crippen MR) is 64.1 cm³/mol. The van der Waals surface area contributed by atoms with Gasteiger partial charge in [-0.1, -0.05) is 0 Å². The molecule has 100 valence electrons. The molecule has 2 rings (SSSR count). The van der Waals surface area contributed by atoms with E-state index in [1.807, 2.05) is 20.8 Å². The van der Waals surface area contributed by atoms with Crippen molar-refractivity contribution in [1.29, 1.82) is 0 Å². The molecule has 0 radical (unpaired) electrons. The molecule has 0 aromatic rings. The van der Waals surface area contributed by atoms with Crippen LogP contribution in [0.5, 0.6) is 0 Å². The molecule has 5 heteroatoms. The highest BCUT2D eigenvalue weighted by molar-refractivity contribution is 6.02. The van der Waals surface area contributed by atoms with Crippen LogP contribution in [-0.4, -0.2) is 41.3 Å². The quantitative estimate of drug-likeness (QED) is 0.614. The summed E-state index contributed by atoms with van der Waals surface area (Å²) in [6.45, 7) is 6.36. The Morgan fingerprint density at radius 2 is 1.67 bits per heavy atom. The lowest BCUT2D eigenvalue weighted by Crippen LogP contribution is -2.61. The van der Waals surface area contributed by atoms with Crippen molar-refractivity contribution in [2.75, 3.05) is 13.1 Å². The lowest BCUT2D eigenvalue weighted by molar-refractivity contribution is -0.140. The van der Waals surface area contributed by atoms with Crippen molar-refractivity contribution in [3.8, 4) is 0 Å². The van der Waals surface area contributed by atoms with E-state index in [0.717, 1.165) is 0 Å². The Hall–Kier alpha value is -1.39. The second-order valence-corrected chi connectivity index (χ2v) is 6.44. The van der Waals surface area contributed by atoms with E-state index in [1.165, 1.54) is 0 Å². The number of hydrogen-bond acceptors (Lipinski definition) is 4. The summed E-state index contributed by atoms with van der Waals surface area (Å²) in [5, 5.41) is 0. The molecule has 2 aliphatic rings. The number of carbonyl (C=O) groups is 3. The average molecular weight is 253 g/mol. The van der Waals surface area contributed by atoms with E-state index in [1.54, 1.807) is 4.90 Å². The van der Waals surface area contributed by atoms with Crippen LogP contribution in [0.15, 0.2) is 0 Å². The molecular formula is C13H19NO4. The van der Waals surface area contributed by atoms with Gasteiger partial charge in [-0.25, -0.2) is 4.79 Å². The Morgan fingerprint density at radius 3 is 2.11 bits per heavy atom. The normalized spacial score (nSPS) is 22.9. The molecule has 5 nitrogen and oxygen atoms in total. The van der Waals surface area contributed by atoms with Crippen molar-refractivity contribution < 1.29 is 19.1 Å². The molecule has 1 aliphatic carbocycles. The Bertz CT molecular complexity index is 384. The maximum Gasteiger partial charge on any atom is 0.410 e. The van der Waals surface area contributed by atoms with E-state index in [2.05, 4.69) is 0 Å². The lowest BCUT2D eigenvalue weighted by Gasteiger charge is -2.50. The number of likely N-dealkylation sites (tertiary alicyclic amines) is 1. The third-order valence-corrected chi connectivity index (χ3v) is 3.24. The molecular weight excluding hydrogens is 234 g/mol. The number of ether oxygens (including phenoxy) is 1. The first-order valence-electron chi connectivity index (χ1n) is 6.21. The van der Waals surface area contributed by atoms with Crippen LogP contribution in [0.4, 0.5) is 4.79 Å². The van der Waals surface area contributed by atoms with Crippen LogP contribution in [0.2, 0.25) is 0 Å². The topological polar surface area (TPSA) is 63.7 Å². The molecule has 0 N–H and O–H groups in total. The molecule has 1 amide bonds. The Labute approximate surface area is 106 Å². The molecule has 0 unspecified atom stereocenters. The van der Waals surface area contributed by atoms with E-state index >= 15 is 0 Å². The summed E-state index contributed by atoms with van der Waals surface area (Å²) in [6, 6.07) is 0. The summed E-state index contributed by atoms with van der Waals surface area (Å²) >= 11 is 0. The number of nitrogens with zero attached hydrogens (tertiary/aromatic N) is 1. The van der Waals surface area contributed by atoms with Gasteiger partial charge in [-0.3, -0.25) is 9.59 Å². The number of rotatable bonds is 0. The van der Waals surface area contributed by atoms with E-state index in [9.17, 15) is 14.4 Å². The van der Waals surface area contributed by atoms with Crippen molar-refractivity contribution in [2.45, 2.75) is 45.6 Å². The molecule has 0 aromatic heterocycles. The van der Waals surface area contributed by atoms with Crippen molar-refractivity contribution in [3.63, 3.8) is 0 Å². The number of ketones is 2. The summed E-state index contributed by atoms with van der Waals surface area (Å²) in [5.41, 5.74) is -0.818. The number of amides is 1. The van der Waals surface area contributed by atoms with Crippen LogP contribution in [0, 0.1) is 5.41 Å². The smallest absolute Gasteiger partial charge is 0.410 e. The zero-order chi connectivity index (χ0) is 13.6. The monoisotopic (exact) mass is 253 g/mol. The largest absolute Gasteiger partial charge is 0.444 e. The molecule has 1 aliphatic heterocycles. The summed E-state index contributed by atoms with van der Waals surface area (Å²) in [5.74, 6) is -0.00909. The van der Waals surface area contributed by atoms with E-state index in [4.69, 9.17) is 4.74 Å². The molecule has 18 heavy (non-hydrogen) atoms. The highest BCUT2D eigenvalue weighted by Crippen LogP contribution is 2.41. The van der Waals surface area contributed by atoms with Crippen LogP contribution in [0.1, 0.15) is 40.0 Å². The zero-order valence-electron chi connectivity index (χ0n) is 11.1. The van der Waals surface area contributed by atoms with Gasteiger partial charge in [0.25, 0.3) is 0 Å². The third kappa shape index (κ3) is 2.71. The van der Waals surface area contributed by atoms with Gasteiger partial charge in [-0.05, 0) is 20.8 Å². The van der Waals surface area contributed by atoms with Crippen LogP contribution in [0.25, 0.3) is 0 Å². The first-order valence-corrected chi connectivity index (χ1v) is 6.21. The predicted octanol–water partition coefficient (Wildman–Crippen LogP) is 1.55. The summed E-state index contributed by atoms with van der Waals surface area (Å²) in [7, 11) is 0. The Kier molecular flexibility index (Phi) is 2.95. The van der Waals surface area contributed by atoms with Gasteiger partial charge in [0.05, 0.1) is 6.42 Å². The SMILES string of the molecule is CC(C)(C)OC(=O)N1CC2(CC(=O)CC(=O)C2)C1. The molecule has 1 saturated carbocycles. The lowest BCUT2D eigenvalue weighted by atomic mass is 9.68. The van der Waals surface area contributed by atoms with Gasteiger partial charge in [0, 0.05) is 31.3 Å². The van der Waals surface area contributed by atoms with Gasteiger partial charge in [-0.15, -0.1) is 0 Å². The first kappa shape index (κ1) is 13.1. The second-order valence-electron chi connectivity index (χ2n) is 6.44. The minimum atomic E-state index is -0.516. The van der Waals surface area contributed by atoms with Gasteiger partial charge < -0.3 is 9.64 Å². The number of carbonyl (C=O) groups excluding carboxylic acids is 3. The maximum atomic E-state index is 11.8. The van der Waals surface area contributed by atoms with Gasteiger partial charge in [-0.2, -0.15) is 0 Å². The highest BCUT2D eigenvalue weighted by atomic mass is 16.6. The van der Waals surface area contributed by atoms with Crippen molar-refractivity contribution in [2.24, 2.45) is 5.41 Å². The molecule has 0 aromatic carbocycles. The van der Waals surface area contributed by atoms with Crippen molar-refractivity contribution in [1.82, 2.24) is 4.90 Å². The summed E-state index contributed by atoms with van der Waals surface area (Å²) in [4.78, 5) is 36.2. The summed E-state index contributed by atoms with van der Waals surface area (Å²) in [6.07, 6.45) is 0.531. The molecule has 2 fully saturated rings. The van der Waals surface area contributed by atoms with E-state index in [-0.39, 0.29) is 29.5 Å².